The Bertz CT molecular complexity index is 1690. The minimum absolute atomic E-state index is 0.120. The second kappa shape index (κ2) is 11.5. The molecule has 0 radical (unpaired) electrons. The van der Waals surface area contributed by atoms with Crippen molar-refractivity contribution in [2.45, 2.75) is 61.6 Å². The lowest BCUT2D eigenvalue weighted by Crippen LogP contribution is -2.70. The van der Waals surface area contributed by atoms with Crippen LogP contribution in [-0.4, -0.2) is 111 Å². The van der Waals surface area contributed by atoms with Crippen molar-refractivity contribution in [2.75, 3.05) is 39.4 Å². The number of benzene rings is 1. The van der Waals surface area contributed by atoms with E-state index >= 15 is 4.39 Å². The summed E-state index contributed by atoms with van der Waals surface area (Å²) in [5, 5.41) is 2.98. The average Bonchev–Trinajstić information content (AvgIpc) is 3.39. The molecule has 0 bridgehead atoms. The van der Waals surface area contributed by atoms with E-state index in [0.29, 0.717) is 43.1 Å². The number of carbonyl (C=O) groups excluding carboxylic acids is 4. The largest absolute Gasteiger partial charge is 0.399 e. The third-order valence-electron chi connectivity index (χ3n) is 10.2. The molecule has 5 atom stereocenters. The molecule has 3 N–H and O–H groups in total. The SMILES string of the molecule is O=C(N[C@H]1C[C@@H]2C[C@@H]2C[C@H]2CC[C@@H](C(=O)N3CC(F)(C(=O)N4CCOCC4)C3)N2C1=O)c1cc2cc(C(F)(F)P(=O)(O)O)ccc2s1. The molecule has 7 rings (SSSR count). The van der Waals surface area contributed by atoms with Crippen LogP contribution in [0.25, 0.3) is 10.1 Å². The van der Waals surface area contributed by atoms with Crippen molar-refractivity contribution in [2.24, 2.45) is 11.8 Å². The van der Waals surface area contributed by atoms with Gasteiger partial charge in [-0.1, -0.05) is 6.07 Å². The minimum Gasteiger partial charge on any atom is -0.378 e. The Kier molecular flexibility index (Phi) is 7.98. The highest BCUT2D eigenvalue weighted by Gasteiger charge is 2.57. The second-order valence-electron chi connectivity index (χ2n) is 13.3. The topological polar surface area (TPSA) is 157 Å². The molecule has 254 valence electrons. The van der Waals surface area contributed by atoms with Crippen LogP contribution in [0.1, 0.15) is 47.3 Å². The van der Waals surface area contributed by atoms with Crippen LogP contribution in [0.15, 0.2) is 24.3 Å². The standard InChI is InChI=1S/C30H34F3N4O8PS/c31-29(28(41)35-5-7-45-8-6-35)14-36(15-29)27(40)22-3-2-20-11-16-9-17(16)12-21(26(39)37(20)22)34-25(38)24-13-18-10-19(1-4-23(18)47-24)30(32,33)46(42,43)44/h1,4,10,13,16-17,20-22H,2-3,5-9,11-12,14-15H2,(H,34,38)(H2,42,43,44)/t16-,17+,20-,21+,22+/m1/s1. The number of hydrogen-bond donors (Lipinski definition) is 3. The highest BCUT2D eigenvalue weighted by molar-refractivity contribution is 7.52. The first-order valence-corrected chi connectivity index (χ1v) is 18.0. The van der Waals surface area contributed by atoms with Crippen molar-refractivity contribution >= 4 is 52.6 Å². The van der Waals surface area contributed by atoms with E-state index in [1.54, 1.807) is 4.90 Å². The van der Waals surface area contributed by atoms with Gasteiger partial charge in [-0.15, -0.1) is 11.3 Å². The summed E-state index contributed by atoms with van der Waals surface area (Å²) in [5.41, 5.74) is -7.47. The van der Waals surface area contributed by atoms with E-state index in [2.05, 4.69) is 5.32 Å². The quantitative estimate of drug-likeness (QED) is 0.389. The Morgan fingerprint density at radius 1 is 1.02 bits per heavy atom. The lowest BCUT2D eigenvalue weighted by Gasteiger charge is -2.47. The second-order valence-corrected chi connectivity index (χ2v) is 16.0. The van der Waals surface area contributed by atoms with Gasteiger partial charge in [-0.3, -0.25) is 23.7 Å². The van der Waals surface area contributed by atoms with Crippen LogP contribution >= 0.6 is 18.9 Å². The van der Waals surface area contributed by atoms with Gasteiger partial charge in [0.15, 0.2) is 0 Å². The molecule has 5 aliphatic rings. The van der Waals surface area contributed by atoms with Gasteiger partial charge in [-0.25, -0.2) is 4.39 Å². The number of alkyl halides is 3. The third kappa shape index (κ3) is 5.75. The third-order valence-corrected chi connectivity index (χ3v) is 12.3. The Balaban J connectivity index is 1.06. The van der Waals surface area contributed by atoms with Crippen LogP contribution in [0.2, 0.25) is 0 Å². The first-order valence-electron chi connectivity index (χ1n) is 15.6. The molecule has 1 aromatic carbocycles. The molecule has 4 saturated heterocycles. The number of nitrogens with zero attached hydrogens (tertiary/aromatic N) is 3. The minimum atomic E-state index is -5.78. The summed E-state index contributed by atoms with van der Waals surface area (Å²) in [7, 11) is -5.78. The van der Waals surface area contributed by atoms with Gasteiger partial charge >= 0.3 is 13.3 Å². The van der Waals surface area contributed by atoms with Crippen LogP contribution in [0.4, 0.5) is 13.2 Å². The van der Waals surface area contributed by atoms with Crippen molar-refractivity contribution in [3.8, 4) is 0 Å². The van der Waals surface area contributed by atoms with Crippen LogP contribution < -0.4 is 5.32 Å². The number of thiophene rings is 1. The van der Waals surface area contributed by atoms with E-state index in [1.807, 2.05) is 0 Å². The summed E-state index contributed by atoms with van der Waals surface area (Å²) < 4.78 is 61.1. The van der Waals surface area contributed by atoms with Crippen molar-refractivity contribution in [3.05, 3.63) is 34.7 Å². The van der Waals surface area contributed by atoms with Gasteiger partial charge in [0.1, 0.15) is 12.1 Å². The molecule has 4 aliphatic heterocycles. The predicted octanol–water partition coefficient (Wildman–Crippen LogP) is 2.43. The smallest absolute Gasteiger partial charge is 0.378 e. The highest BCUT2D eigenvalue weighted by Crippen LogP contribution is 2.59. The van der Waals surface area contributed by atoms with Gasteiger partial charge < -0.3 is 34.5 Å². The molecule has 5 heterocycles. The number of likely N-dealkylation sites (tertiary alicyclic amines) is 1. The number of ether oxygens (including phenoxy) is 1. The van der Waals surface area contributed by atoms with Crippen molar-refractivity contribution in [1.82, 2.24) is 20.0 Å². The molecule has 1 aliphatic carbocycles. The number of morpholine rings is 1. The summed E-state index contributed by atoms with van der Waals surface area (Å²) in [6.45, 7) is 0.456. The van der Waals surface area contributed by atoms with E-state index < -0.39 is 60.2 Å². The summed E-state index contributed by atoms with van der Waals surface area (Å²) in [6, 6.07) is 2.41. The fourth-order valence-electron chi connectivity index (χ4n) is 7.48. The highest BCUT2D eigenvalue weighted by atomic mass is 32.1. The molecule has 0 unspecified atom stereocenters. The molecule has 12 nitrogen and oxygen atoms in total. The van der Waals surface area contributed by atoms with Gasteiger partial charge in [0.25, 0.3) is 11.8 Å². The molecule has 4 amide bonds. The zero-order chi connectivity index (χ0) is 33.5. The van der Waals surface area contributed by atoms with Gasteiger partial charge in [0.2, 0.25) is 17.5 Å². The Hall–Kier alpha value is -3.04. The Morgan fingerprint density at radius 3 is 2.43 bits per heavy atom. The van der Waals surface area contributed by atoms with Crippen LogP contribution in [0.5, 0.6) is 0 Å². The summed E-state index contributed by atoms with van der Waals surface area (Å²) in [5.74, 6) is -1.53. The fraction of sp³-hybridized carbons (Fsp3) is 0.600. The predicted molar refractivity (Wildman–Crippen MR) is 161 cm³/mol. The molecule has 1 aromatic heterocycles. The van der Waals surface area contributed by atoms with Gasteiger partial charge in [0.05, 0.1) is 31.2 Å². The maximum absolute atomic E-state index is 15.5. The van der Waals surface area contributed by atoms with E-state index in [4.69, 9.17) is 14.5 Å². The van der Waals surface area contributed by atoms with E-state index in [-0.39, 0.29) is 48.4 Å². The van der Waals surface area contributed by atoms with Crippen molar-refractivity contribution < 1.29 is 51.4 Å². The monoisotopic (exact) mass is 698 g/mol. The zero-order valence-electron chi connectivity index (χ0n) is 25.1. The van der Waals surface area contributed by atoms with Crippen LogP contribution in [0, 0.1) is 11.8 Å². The Labute approximate surface area is 271 Å². The number of rotatable bonds is 6. The van der Waals surface area contributed by atoms with E-state index in [9.17, 15) is 32.5 Å². The maximum atomic E-state index is 15.5. The van der Waals surface area contributed by atoms with Crippen LogP contribution in [-0.2, 0) is 29.3 Å². The molecular formula is C30H34F3N4O8PS. The fourth-order valence-corrected chi connectivity index (χ4v) is 8.90. The number of amides is 4. The van der Waals surface area contributed by atoms with Crippen molar-refractivity contribution in [1.29, 1.82) is 0 Å². The zero-order valence-corrected chi connectivity index (χ0v) is 26.9. The summed E-state index contributed by atoms with van der Waals surface area (Å²) in [4.78, 5) is 76.5. The number of hydrogen-bond acceptors (Lipinski definition) is 7. The summed E-state index contributed by atoms with van der Waals surface area (Å²) in [6.07, 6.45) is 2.97. The molecule has 0 spiro atoms. The molecule has 1 saturated carbocycles. The van der Waals surface area contributed by atoms with Gasteiger partial charge in [0, 0.05) is 29.4 Å². The first kappa shape index (κ1) is 32.5. The Morgan fingerprint density at radius 2 is 1.72 bits per heavy atom. The van der Waals surface area contributed by atoms with Crippen molar-refractivity contribution in [3.63, 3.8) is 0 Å². The number of halogens is 3. The average molecular weight is 699 g/mol. The summed E-state index contributed by atoms with van der Waals surface area (Å²) >= 11 is 0.984. The number of fused-ring (bicyclic) bond motifs is 3. The molecule has 2 aromatic rings. The first-order chi connectivity index (χ1) is 22.2. The van der Waals surface area contributed by atoms with E-state index in [1.165, 1.54) is 21.9 Å². The van der Waals surface area contributed by atoms with Crippen LogP contribution in [0.3, 0.4) is 0 Å². The van der Waals surface area contributed by atoms with E-state index in [0.717, 1.165) is 36.3 Å². The van der Waals surface area contributed by atoms with Gasteiger partial charge in [-0.05, 0) is 67.5 Å². The van der Waals surface area contributed by atoms with Gasteiger partial charge in [-0.2, -0.15) is 8.78 Å². The number of nitrogens with one attached hydrogen (secondary N) is 1. The number of carbonyl (C=O) groups is 4. The molecule has 5 fully saturated rings. The normalized spacial score (nSPS) is 29.0. The molecule has 17 heteroatoms. The lowest BCUT2D eigenvalue weighted by molar-refractivity contribution is -0.170. The maximum Gasteiger partial charge on any atom is 0.399 e. The molecule has 47 heavy (non-hydrogen) atoms. The molecular weight excluding hydrogens is 664 g/mol. The lowest BCUT2D eigenvalue weighted by atomic mass is 9.93.